The van der Waals surface area contributed by atoms with Gasteiger partial charge in [-0.2, -0.15) is 0 Å². The maximum absolute atomic E-state index is 11.7. The van der Waals surface area contributed by atoms with Gasteiger partial charge in [0.25, 0.3) is 0 Å². The molecule has 0 aliphatic heterocycles. The van der Waals surface area contributed by atoms with Gasteiger partial charge in [0.15, 0.2) is 0 Å². The summed E-state index contributed by atoms with van der Waals surface area (Å²) in [5, 5.41) is 11.8. The molecule has 1 heterocycles. The second kappa shape index (κ2) is 6.94. The van der Waals surface area contributed by atoms with Crippen molar-refractivity contribution >= 4 is 29.3 Å². The lowest BCUT2D eigenvalue weighted by Gasteiger charge is -2.19. The molecule has 2 N–H and O–H groups in total. The van der Waals surface area contributed by atoms with E-state index < -0.39 is 12.0 Å². The van der Waals surface area contributed by atoms with Gasteiger partial charge in [-0.1, -0.05) is 18.5 Å². The summed E-state index contributed by atoms with van der Waals surface area (Å²) in [5.41, 5.74) is 0. The average Bonchev–Trinajstić information content (AvgIpc) is 2.36. The fourth-order valence-electron chi connectivity index (χ4n) is 1.47. The van der Waals surface area contributed by atoms with Crippen LogP contribution in [0.4, 0.5) is 5.82 Å². The number of pyridine rings is 1. The van der Waals surface area contributed by atoms with E-state index in [2.05, 4.69) is 10.3 Å². The fraction of sp³-hybridized carbons (Fsp3) is 0.417. The number of likely N-dealkylation sites (N-methyl/N-ethyl adjacent to an activating group) is 1. The van der Waals surface area contributed by atoms with Crippen LogP contribution in [0.5, 0.6) is 0 Å². The van der Waals surface area contributed by atoms with E-state index in [1.807, 2.05) is 0 Å². The third kappa shape index (κ3) is 4.75. The third-order valence-electron chi connectivity index (χ3n) is 2.53. The first-order valence-corrected chi connectivity index (χ1v) is 6.16. The number of rotatable bonds is 6. The molecular weight excluding hydrogens is 270 g/mol. The number of carboxylic acid groups (broad SMARTS) is 1. The van der Waals surface area contributed by atoms with E-state index in [0.717, 1.165) is 0 Å². The molecule has 0 spiro atoms. The van der Waals surface area contributed by atoms with Crippen LogP contribution in [0.1, 0.15) is 13.3 Å². The van der Waals surface area contributed by atoms with Gasteiger partial charge in [-0.15, -0.1) is 0 Å². The van der Waals surface area contributed by atoms with Crippen molar-refractivity contribution < 1.29 is 14.7 Å². The lowest BCUT2D eigenvalue weighted by atomic mass is 10.2. The molecule has 6 nitrogen and oxygen atoms in total. The quantitative estimate of drug-likeness (QED) is 0.819. The lowest BCUT2D eigenvalue weighted by molar-refractivity contribution is -0.141. The first-order valence-electron chi connectivity index (χ1n) is 5.79. The number of aliphatic carboxylic acids is 1. The number of carboxylic acids is 1. The van der Waals surface area contributed by atoms with E-state index in [1.165, 1.54) is 6.20 Å². The van der Waals surface area contributed by atoms with Crippen LogP contribution in [-0.2, 0) is 9.59 Å². The van der Waals surface area contributed by atoms with Gasteiger partial charge < -0.3 is 15.3 Å². The molecule has 0 radical (unpaired) electrons. The van der Waals surface area contributed by atoms with E-state index in [9.17, 15) is 9.59 Å². The molecule has 0 saturated heterocycles. The zero-order valence-corrected chi connectivity index (χ0v) is 11.5. The molecule has 0 aliphatic carbocycles. The minimum Gasteiger partial charge on any atom is -0.480 e. The Balaban J connectivity index is 2.56. The van der Waals surface area contributed by atoms with Crippen LogP contribution in [0.2, 0.25) is 5.02 Å². The molecule has 0 fully saturated rings. The van der Waals surface area contributed by atoms with Gasteiger partial charge >= 0.3 is 5.97 Å². The lowest BCUT2D eigenvalue weighted by Crippen LogP contribution is -2.44. The number of nitrogens with zero attached hydrogens (tertiary/aromatic N) is 2. The van der Waals surface area contributed by atoms with Crippen LogP contribution in [0, 0.1) is 0 Å². The maximum Gasteiger partial charge on any atom is 0.326 e. The summed E-state index contributed by atoms with van der Waals surface area (Å²) in [6, 6.07) is 2.49. The minimum atomic E-state index is -1.04. The largest absolute Gasteiger partial charge is 0.480 e. The van der Waals surface area contributed by atoms with Crippen molar-refractivity contribution in [1.29, 1.82) is 0 Å². The number of carbonyl (C=O) groups excluding carboxylic acids is 1. The van der Waals surface area contributed by atoms with Crippen LogP contribution < -0.4 is 10.2 Å². The Hall–Kier alpha value is -1.82. The predicted octanol–water partition coefficient (Wildman–Crippen LogP) is 1.15. The Morgan fingerprint density at radius 1 is 1.53 bits per heavy atom. The highest BCUT2D eigenvalue weighted by atomic mass is 35.5. The van der Waals surface area contributed by atoms with Gasteiger partial charge in [0.2, 0.25) is 5.91 Å². The van der Waals surface area contributed by atoms with E-state index in [4.69, 9.17) is 16.7 Å². The molecule has 1 atom stereocenters. The normalized spacial score (nSPS) is 11.7. The monoisotopic (exact) mass is 285 g/mol. The molecule has 0 aromatic carbocycles. The highest BCUT2D eigenvalue weighted by Crippen LogP contribution is 2.12. The van der Waals surface area contributed by atoms with Crippen molar-refractivity contribution in [3.63, 3.8) is 0 Å². The van der Waals surface area contributed by atoms with Crippen molar-refractivity contribution in [3.05, 3.63) is 23.4 Å². The smallest absolute Gasteiger partial charge is 0.326 e. The zero-order valence-electron chi connectivity index (χ0n) is 10.8. The minimum absolute atomic E-state index is 0.0262. The standard InChI is InChI=1S/C12H16ClN3O3/c1-3-9(12(18)19)15-11(17)7-16(2)10-5-4-8(13)6-14-10/h4-6,9H,3,7H2,1-2H3,(H,15,17)(H,18,19)/t9-/m1/s1. The van der Waals surface area contributed by atoms with Crippen molar-refractivity contribution in [1.82, 2.24) is 10.3 Å². The van der Waals surface area contributed by atoms with Crippen molar-refractivity contribution in [2.75, 3.05) is 18.5 Å². The first kappa shape index (κ1) is 15.2. The maximum atomic E-state index is 11.7. The number of aromatic nitrogens is 1. The Labute approximate surface area is 116 Å². The molecule has 19 heavy (non-hydrogen) atoms. The SMILES string of the molecule is CC[C@@H](NC(=O)CN(C)c1ccc(Cl)cn1)C(=O)O. The summed E-state index contributed by atoms with van der Waals surface area (Å²) in [5.74, 6) is -0.820. The first-order chi connectivity index (χ1) is 8.93. The number of amides is 1. The van der Waals surface area contributed by atoms with Crippen LogP contribution in [0.15, 0.2) is 18.3 Å². The van der Waals surface area contributed by atoms with Crippen LogP contribution >= 0.6 is 11.6 Å². The van der Waals surface area contributed by atoms with Crippen molar-refractivity contribution in [2.45, 2.75) is 19.4 Å². The van der Waals surface area contributed by atoms with Gasteiger partial charge in [-0.25, -0.2) is 9.78 Å². The Bertz CT molecular complexity index is 450. The van der Waals surface area contributed by atoms with E-state index in [-0.39, 0.29) is 12.5 Å². The molecule has 7 heteroatoms. The van der Waals surface area contributed by atoms with Crippen LogP contribution in [-0.4, -0.2) is 41.6 Å². The molecule has 1 rings (SSSR count). The molecule has 104 valence electrons. The number of halogens is 1. The van der Waals surface area contributed by atoms with E-state index in [1.54, 1.807) is 31.0 Å². The Morgan fingerprint density at radius 3 is 2.68 bits per heavy atom. The Kier molecular flexibility index (Phi) is 5.57. The van der Waals surface area contributed by atoms with Crippen molar-refractivity contribution in [3.8, 4) is 0 Å². The third-order valence-corrected chi connectivity index (χ3v) is 2.75. The molecule has 0 unspecified atom stereocenters. The second-order valence-electron chi connectivity index (χ2n) is 4.06. The number of hydrogen-bond donors (Lipinski definition) is 2. The molecule has 1 aromatic rings. The summed E-state index contributed by atoms with van der Waals surface area (Å²) in [6.45, 7) is 1.72. The molecular formula is C12H16ClN3O3. The van der Waals surface area contributed by atoms with Gasteiger partial charge in [-0.05, 0) is 18.6 Å². The fourth-order valence-corrected chi connectivity index (χ4v) is 1.58. The number of nitrogens with one attached hydrogen (secondary N) is 1. The predicted molar refractivity (Wildman–Crippen MR) is 72.4 cm³/mol. The van der Waals surface area contributed by atoms with Gasteiger partial charge in [-0.3, -0.25) is 4.79 Å². The highest BCUT2D eigenvalue weighted by molar-refractivity contribution is 6.30. The number of anilines is 1. The Morgan fingerprint density at radius 2 is 2.21 bits per heavy atom. The van der Waals surface area contributed by atoms with E-state index >= 15 is 0 Å². The van der Waals surface area contributed by atoms with Gasteiger partial charge in [0.1, 0.15) is 11.9 Å². The second-order valence-corrected chi connectivity index (χ2v) is 4.49. The summed E-state index contributed by atoms with van der Waals surface area (Å²) in [4.78, 5) is 28.2. The van der Waals surface area contributed by atoms with Crippen LogP contribution in [0.25, 0.3) is 0 Å². The number of carbonyl (C=O) groups is 2. The molecule has 0 bridgehead atoms. The average molecular weight is 286 g/mol. The summed E-state index contributed by atoms with van der Waals surface area (Å²) in [6.07, 6.45) is 1.82. The van der Waals surface area contributed by atoms with Gasteiger partial charge in [0.05, 0.1) is 11.6 Å². The van der Waals surface area contributed by atoms with E-state index in [0.29, 0.717) is 17.3 Å². The number of hydrogen-bond acceptors (Lipinski definition) is 4. The van der Waals surface area contributed by atoms with Gasteiger partial charge in [0, 0.05) is 13.2 Å². The topological polar surface area (TPSA) is 82.5 Å². The molecule has 1 amide bonds. The molecule has 1 aromatic heterocycles. The molecule has 0 saturated carbocycles. The van der Waals surface area contributed by atoms with Crippen molar-refractivity contribution in [2.24, 2.45) is 0 Å². The summed E-state index contributed by atoms with van der Waals surface area (Å²) < 4.78 is 0. The van der Waals surface area contributed by atoms with Crippen LogP contribution in [0.3, 0.4) is 0 Å². The molecule has 0 aliphatic rings. The summed E-state index contributed by atoms with van der Waals surface area (Å²) in [7, 11) is 1.69. The zero-order chi connectivity index (χ0) is 14.4. The summed E-state index contributed by atoms with van der Waals surface area (Å²) >= 11 is 5.72. The highest BCUT2D eigenvalue weighted by Gasteiger charge is 2.18.